The number of carbonyl (C=O) groups excluding carboxylic acids is 2. The van der Waals surface area contributed by atoms with Crippen LogP contribution in [0.2, 0.25) is 0 Å². The standard InChI is InChI=1S/C10H13NO3S/c1-3-7-4-5-15-8(7)6-11-9(12)10(13)14-2/h4-5H,3,6H2,1-2H3,(H,11,12). The summed E-state index contributed by atoms with van der Waals surface area (Å²) in [6.45, 7) is 2.43. The van der Waals surface area contributed by atoms with Crippen molar-refractivity contribution < 1.29 is 14.3 Å². The number of esters is 1. The lowest BCUT2D eigenvalue weighted by molar-refractivity contribution is -0.152. The lowest BCUT2D eigenvalue weighted by Gasteiger charge is -2.03. The van der Waals surface area contributed by atoms with Crippen molar-refractivity contribution in [2.45, 2.75) is 19.9 Å². The zero-order valence-electron chi connectivity index (χ0n) is 8.70. The Kier molecular flexibility index (Phi) is 4.30. The predicted molar refractivity (Wildman–Crippen MR) is 57.6 cm³/mol. The van der Waals surface area contributed by atoms with Crippen molar-refractivity contribution in [1.82, 2.24) is 5.32 Å². The average Bonchev–Trinajstić information content (AvgIpc) is 2.71. The molecule has 0 saturated carbocycles. The van der Waals surface area contributed by atoms with Gasteiger partial charge in [0.2, 0.25) is 0 Å². The number of thiophene rings is 1. The van der Waals surface area contributed by atoms with Gasteiger partial charge in [-0.2, -0.15) is 0 Å². The largest absolute Gasteiger partial charge is 0.462 e. The molecule has 0 aliphatic carbocycles. The number of ether oxygens (including phenoxy) is 1. The van der Waals surface area contributed by atoms with Crippen molar-refractivity contribution in [3.05, 3.63) is 21.9 Å². The van der Waals surface area contributed by atoms with Crippen LogP contribution in [0.25, 0.3) is 0 Å². The number of rotatable bonds is 3. The van der Waals surface area contributed by atoms with Crippen LogP contribution in [0.4, 0.5) is 0 Å². The Balaban J connectivity index is 2.50. The Morgan fingerprint density at radius 2 is 2.27 bits per heavy atom. The molecule has 0 spiro atoms. The Morgan fingerprint density at radius 1 is 1.53 bits per heavy atom. The van der Waals surface area contributed by atoms with Gasteiger partial charge in [-0.25, -0.2) is 4.79 Å². The molecule has 0 aliphatic rings. The first-order chi connectivity index (χ1) is 7.19. The number of nitrogens with one attached hydrogen (secondary N) is 1. The summed E-state index contributed by atoms with van der Waals surface area (Å²) in [6.07, 6.45) is 0.924. The highest BCUT2D eigenvalue weighted by Crippen LogP contribution is 2.16. The van der Waals surface area contributed by atoms with Gasteiger partial charge in [0.1, 0.15) is 0 Å². The normalized spacial score (nSPS) is 9.73. The van der Waals surface area contributed by atoms with E-state index in [0.717, 1.165) is 11.3 Å². The van der Waals surface area contributed by atoms with Crippen LogP contribution in [0, 0.1) is 0 Å². The molecule has 1 heterocycles. The number of hydrogen-bond acceptors (Lipinski definition) is 4. The number of methoxy groups -OCH3 is 1. The Morgan fingerprint density at radius 3 is 2.87 bits per heavy atom. The monoisotopic (exact) mass is 227 g/mol. The second-order valence-electron chi connectivity index (χ2n) is 2.90. The molecule has 0 saturated heterocycles. The van der Waals surface area contributed by atoms with E-state index in [0.29, 0.717) is 6.54 Å². The zero-order valence-corrected chi connectivity index (χ0v) is 9.52. The Hall–Kier alpha value is -1.36. The lowest BCUT2D eigenvalue weighted by Crippen LogP contribution is -2.31. The first-order valence-electron chi connectivity index (χ1n) is 4.60. The molecule has 1 amide bonds. The van der Waals surface area contributed by atoms with E-state index in [4.69, 9.17) is 0 Å². The molecule has 15 heavy (non-hydrogen) atoms. The van der Waals surface area contributed by atoms with Gasteiger partial charge in [0.15, 0.2) is 0 Å². The minimum absolute atomic E-state index is 0.384. The van der Waals surface area contributed by atoms with Gasteiger partial charge in [-0.15, -0.1) is 11.3 Å². The van der Waals surface area contributed by atoms with Crippen LogP contribution in [0.15, 0.2) is 11.4 Å². The predicted octanol–water partition coefficient (Wildman–Crippen LogP) is 1.10. The second-order valence-corrected chi connectivity index (χ2v) is 3.90. The van der Waals surface area contributed by atoms with E-state index in [2.05, 4.69) is 10.1 Å². The van der Waals surface area contributed by atoms with E-state index in [1.807, 2.05) is 18.4 Å². The van der Waals surface area contributed by atoms with Crippen LogP contribution < -0.4 is 5.32 Å². The van der Waals surface area contributed by atoms with Crippen molar-refractivity contribution in [2.75, 3.05) is 7.11 Å². The van der Waals surface area contributed by atoms with Crippen molar-refractivity contribution in [3.8, 4) is 0 Å². The number of hydrogen-bond donors (Lipinski definition) is 1. The van der Waals surface area contributed by atoms with Gasteiger partial charge in [0.05, 0.1) is 13.7 Å². The summed E-state index contributed by atoms with van der Waals surface area (Å²) >= 11 is 1.57. The van der Waals surface area contributed by atoms with Crippen molar-refractivity contribution in [3.63, 3.8) is 0 Å². The molecular weight excluding hydrogens is 214 g/mol. The molecule has 82 valence electrons. The third-order valence-electron chi connectivity index (χ3n) is 2.00. The highest BCUT2D eigenvalue weighted by atomic mass is 32.1. The van der Waals surface area contributed by atoms with E-state index in [9.17, 15) is 9.59 Å². The van der Waals surface area contributed by atoms with Crippen LogP contribution in [-0.2, 0) is 27.3 Å². The van der Waals surface area contributed by atoms with E-state index in [1.54, 1.807) is 11.3 Å². The zero-order chi connectivity index (χ0) is 11.3. The van der Waals surface area contributed by atoms with Crippen molar-refractivity contribution >= 4 is 23.2 Å². The Bertz CT molecular complexity index is 359. The molecule has 0 fully saturated rings. The fourth-order valence-corrected chi connectivity index (χ4v) is 2.08. The smallest absolute Gasteiger partial charge is 0.396 e. The van der Waals surface area contributed by atoms with Gasteiger partial charge in [0, 0.05) is 4.88 Å². The van der Waals surface area contributed by atoms with Gasteiger partial charge >= 0.3 is 11.9 Å². The van der Waals surface area contributed by atoms with Crippen LogP contribution in [0.3, 0.4) is 0 Å². The minimum Gasteiger partial charge on any atom is -0.462 e. The van der Waals surface area contributed by atoms with Crippen LogP contribution in [0.1, 0.15) is 17.4 Å². The first kappa shape index (κ1) is 11.7. The summed E-state index contributed by atoms with van der Waals surface area (Å²) in [5.41, 5.74) is 1.20. The molecule has 0 bridgehead atoms. The molecule has 0 unspecified atom stereocenters. The summed E-state index contributed by atoms with van der Waals surface area (Å²) in [5.74, 6) is -1.56. The van der Waals surface area contributed by atoms with Crippen molar-refractivity contribution in [1.29, 1.82) is 0 Å². The highest BCUT2D eigenvalue weighted by molar-refractivity contribution is 7.10. The van der Waals surface area contributed by atoms with Crippen molar-refractivity contribution in [2.24, 2.45) is 0 Å². The highest BCUT2D eigenvalue weighted by Gasteiger charge is 2.13. The third kappa shape index (κ3) is 3.06. The Labute approximate surface area is 92.2 Å². The molecule has 0 radical (unpaired) electrons. The molecule has 4 nitrogen and oxygen atoms in total. The fraction of sp³-hybridized carbons (Fsp3) is 0.400. The van der Waals surface area contributed by atoms with Crippen LogP contribution >= 0.6 is 11.3 Å². The lowest BCUT2D eigenvalue weighted by atomic mass is 10.2. The maximum atomic E-state index is 11.1. The SMILES string of the molecule is CCc1ccsc1CNC(=O)C(=O)OC. The summed E-state index contributed by atoms with van der Waals surface area (Å²) < 4.78 is 4.29. The number of aryl methyl sites for hydroxylation is 1. The summed E-state index contributed by atoms with van der Waals surface area (Å²) in [4.78, 5) is 23.0. The van der Waals surface area contributed by atoms with Gasteiger partial charge in [-0.3, -0.25) is 4.79 Å². The summed E-state index contributed by atoms with van der Waals surface area (Å²) in [5, 5.41) is 4.48. The average molecular weight is 227 g/mol. The summed E-state index contributed by atoms with van der Waals surface area (Å²) in [6, 6.07) is 2.02. The van der Waals surface area contributed by atoms with E-state index in [-0.39, 0.29) is 0 Å². The fourth-order valence-electron chi connectivity index (χ4n) is 1.16. The van der Waals surface area contributed by atoms with Gasteiger partial charge in [-0.1, -0.05) is 6.92 Å². The molecule has 0 aliphatic heterocycles. The maximum absolute atomic E-state index is 11.1. The second kappa shape index (κ2) is 5.50. The van der Waals surface area contributed by atoms with E-state index >= 15 is 0 Å². The number of carbonyl (C=O) groups is 2. The van der Waals surface area contributed by atoms with E-state index in [1.165, 1.54) is 12.7 Å². The van der Waals surface area contributed by atoms with E-state index < -0.39 is 11.9 Å². The van der Waals surface area contributed by atoms with Gasteiger partial charge in [0.25, 0.3) is 0 Å². The topological polar surface area (TPSA) is 55.4 Å². The van der Waals surface area contributed by atoms with Gasteiger partial charge in [-0.05, 0) is 23.4 Å². The molecule has 1 rings (SSSR count). The minimum atomic E-state index is -0.857. The molecule has 1 aromatic heterocycles. The number of amides is 1. The van der Waals surface area contributed by atoms with Crippen LogP contribution in [0.5, 0.6) is 0 Å². The third-order valence-corrected chi connectivity index (χ3v) is 2.96. The van der Waals surface area contributed by atoms with Crippen LogP contribution in [-0.4, -0.2) is 19.0 Å². The molecule has 5 heteroatoms. The summed E-state index contributed by atoms with van der Waals surface area (Å²) in [7, 11) is 1.19. The quantitative estimate of drug-likeness (QED) is 0.621. The molecular formula is C10H13NO3S. The maximum Gasteiger partial charge on any atom is 0.396 e. The van der Waals surface area contributed by atoms with Gasteiger partial charge < -0.3 is 10.1 Å². The molecule has 0 atom stereocenters. The molecule has 1 aromatic rings. The molecule has 0 aromatic carbocycles. The molecule has 1 N–H and O–H groups in total. The first-order valence-corrected chi connectivity index (χ1v) is 5.48.